The number of anilines is 1. The van der Waals surface area contributed by atoms with Crippen LogP contribution in [0, 0.1) is 0 Å². The number of rotatable bonds is 6. The summed E-state index contributed by atoms with van der Waals surface area (Å²) in [5.41, 5.74) is 3.77. The summed E-state index contributed by atoms with van der Waals surface area (Å²) in [5.74, 6) is -1.42. The number of nitrogens with zero attached hydrogens (tertiary/aromatic N) is 4. The Morgan fingerprint density at radius 1 is 0.973 bits per heavy atom. The van der Waals surface area contributed by atoms with Crippen molar-refractivity contribution in [3.8, 4) is 11.4 Å². The molecule has 37 heavy (non-hydrogen) atoms. The van der Waals surface area contributed by atoms with E-state index in [1.54, 1.807) is 36.4 Å². The topological polar surface area (TPSA) is 129 Å². The van der Waals surface area contributed by atoms with E-state index in [1.165, 1.54) is 10.9 Å². The van der Waals surface area contributed by atoms with E-state index in [0.29, 0.717) is 46.0 Å². The molecule has 1 aromatic heterocycles. The van der Waals surface area contributed by atoms with Crippen LogP contribution in [-0.4, -0.2) is 44.5 Å². The number of aromatic nitrogens is 3. The molecule has 4 aromatic rings. The van der Waals surface area contributed by atoms with Gasteiger partial charge in [-0.15, -0.1) is 15.0 Å². The summed E-state index contributed by atoms with van der Waals surface area (Å²) < 4.78 is 0. The molecule has 10 nitrogen and oxygen atoms in total. The first-order valence-corrected chi connectivity index (χ1v) is 11.8. The maximum atomic E-state index is 12.0. The van der Waals surface area contributed by atoms with Gasteiger partial charge in [-0.05, 0) is 55.0 Å². The van der Waals surface area contributed by atoms with Crippen molar-refractivity contribution in [1.82, 2.24) is 25.6 Å². The van der Waals surface area contributed by atoms with Crippen LogP contribution >= 0.6 is 11.6 Å². The Morgan fingerprint density at radius 2 is 1.68 bits per heavy atom. The number of hydrogen-bond donors (Lipinski definition) is 3. The lowest BCUT2D eigenvalue weighted by atomic mass is 10.1. The van der Waals surface area contributed by atoms with Crippen LogP contribution in [0.25, 0.3) is 22.8 Å². The number of phenolic OH excluding ortho intramolecular Hbond substituents is 1. The fourth-order valence-corrected chi connectivity index (χ4v) is 4.17. The number of phenols is 1. The number of barbiturate groups is 1. The van der Waals surface area contributed by atoms with Gasteiger partial charge in [0.25, 0.3) is 11.8 Å². The Bertz CT molecular complexity index is 1560. The zero-order valence-electron chi connectivity index (χ0n) is 19.6. The van der Waals surface area contributed by atoms with E-state index in [9.17, 15) is 19.5 Å². The molecule has 0 radical (unpaired) electrons. The van der Waals surface area contributed by atoms with E-state index in [1.807, 2.05) is 31.2 Å². The predicted octanol–water partition coefficient (Wildman–Crippen LogP) is 3.56. The molecule has 0 unspecified atom stereocenters. The standard InChI is InChI=1S/C26H21ClN6O4/c1-2-32(18-9-6-15(7-10-18)12-19-24(35)28-26(37)29-25(19)36)14-16-4-3-5-22(23(16)34)33-30-20-11-8-17(27)13-21(20)31-33/h3-13,34H,2,14H2,1H3,(H2,28,29,35,36,37). The molecule has 4 amide bonds. The number of aromatic hydroxyl groups is 1. The maximum absolute atomic E-state index is 12.0. The summed E-state index contributed by atoms with van der Waals surface area (Å²) in [7, 11) is 0. The van der Waals surface area contributed by atoms with Crippen molar-refractivity contribution in [2.75, 3.05) is 11.4 Å². The van der Waals surface area contributed by atoms with Gasteiger partial charge in [0.1, 0.15) is 28.0 Å². The molecule has 1 aliphatic heterocycles. The van der Waals surface area contributed by atoms with Gasteiger partial charge in [-0.1, -0.05) is 35.9 Å². The van der Waals surface area contributed by atoms with Gasteiger partial charge >= 0.3 is 6.03 Å². The zero-order chi connectivity index (χ0) is 26.1. The molecule has 1 saturated heterocycles. The van der Waals surface area contributed by atoms with Crippen molar-refractivity contribution in [2.45, 2.75) is 13.5 Å². The first-order chi connectivity index (χ1) is 17.8. The highest BCUT2D eigenvalue weighted by Gasteiger charge is 2.27. The van der Waals surface area contributed by atoms with E-state index >= 15 is 0 Å². The molecular weight excluding hydrogens is 496 g/mol. The molecule has 5 rings (SSSR count). The minimum atomic E-state index is -0.839. The number of urea groups is 1. The van der Waals surface area contributed by atoms with Crippen LogP contribution in [0.2, 0.25) is 5.02 Å². The summed E-state index contributed by atoms with van der Waals surface area (Å²) in [6.45, 7) is 3.06. The van der Waals surface area contributed by atoms with E-state index in [0.717, 1.165) is 5.69 Å². The molecule has 0 atom stereocenters. The number of benzene rings is 3. The first kappa shape index (κ1) is 24.0. The van der Waals surface area contributed by atoms with Crippen molar-refractivity contribution in [3.05, 3.63) is 82.4 Å². The van der Waals surface area contributed by atoms with Gasteiger partial charge in [0.05, 0.1) is 0 Å². The first-order valence-electron chi connectivity index (χ1n) is 11.4. The van der Waals surface area contributed by atoms with Crippen LogP contribution in [-0.2, 0) is 16.1 Å². The molecule has 0 saturated carbocycles. The number of carbonyl (C=O) groups is 3. The summed E-state index contributed by atoms with van der Waals surface area (Å²) in [4.78, 5) is 38.6. The molecule has 0 spiro atoms. The lowest BCUT2D eigenvalue weighted by Crippen LogP contribution is -2.51. The van der Waals surface area contributed by atoms with Gasteiger partial charge in [-0.2, -0.15) is 0 Å². The summed E-state index contributed by atoms with van der Waals surface area (Å²) in [6.07, 6.45) is 1.42. The molecule has 11 heteroatoms. The highest BCUT2D eigenvalue weighted by atomic mass is 35.5. The molecule has 186 valence electrons. The largest absolute Gasteiger partial charge is 0.505 e. The highest BCUT2D eigenvalue weighted by Crippen LogP contribution is 2.29. The number of halogens is 1. The number of imide groups is 2. The second-order valence-electron chi connectivity index (χ2n) is 8.31. The van der Waals surface area contributed by atoms with Crippen LogP contribution in [0.1, 0.15) is 18.1 Å². The number of carbonyl (C=O) groups excluding carboxylic acids is 3. The lowest BCUT2D eigenvalue weighted by molar-refractivity contribution is -0.123. The number of hydrogen-bond acceptors (Lipinski definition) is 7. The third-order valence-electron chi connectivity index (χ3n) is 5.91. The van der Waals surface area contributed by atoms with Crippen LogP contribution in [0.3, 0.4) is 0 Å². The molecule has 0 aliphatic carbocycles. The Kier molecular flexibility index (Phi) is 6.33. The van der Waals surface area contributed by atoms with Crippen molar-refractivity contribution < 1.29 is 19.5 Å². The quantitative estimate of drug-likeness (QED) is 0.264. The Balaban J connectivity index is 1.38. The van der Waals surface area contributed by atoms with E-state index in [-0.39, 0.29) is 11.3 Å². The average Bonchev–Trinajstić information content (AvgIpc) is 3.29. The van der Waals surface area contributed by atoms with E-state index in [2.05, 4.69) is 25.7 Å². The second kappa shape index (κ2) is 9.75. The van der Waals surface area contributed by atoms with Gasteiger partial charge in [-0.25, -0.2) is 4.79 Å². The fraction of sp³-hybridized carbons (Fsp3) is 0.115. The summed E-state index contributed by atoms with van der Waals surface area (Å²) >= 11 is 6.06. The molecule has 3 aromatic carbocycles. The van der Waals surface area contributed by atoms with Crippen molar-refractivity contribution in [3.63, 3.8) is 0 Å². The van der Waals surface area contributed by atoms with Crippen molar-refractivity contribution in [1.29, 1.82) is 0 Å². The highest BCUT2D eigenvalue weighted by molar-refractivity contribution is 6.31. The second-order valence-corrected chi connectivity index (χ2v) is 8.74. The SMILES string of the molecule is CCN(Cc1cccc(-n2nc3ccc(Cl)cc3n2)c1O)c1ccc(C=C2C(=O)NC(=O)NC2=O)cc1. The van der Waals surface area contributed by atoms with Crippen molar-refractivity contribution in [2.24, 2.45) is 0 Å². The van der Waals surface area contributed by atoms with Gasteiger partial charge in [0, 0.05) is 29.4 Å². The third kappa shape index (κ3) is 4.87. The van der Waals surface area contributed by atoms with Gasteiger partial charge < -0.3 is 10.0 Å². The lowest BCUT2D eigenvalue weighted by Gasteiger charge is -2.24. The minimum Gasteiger partial charge on any atom is -0.505 e. The van der Waals surface area contributed by atoms with Gasteiger partial charge in [0.15, 0.2) is 0 Å². The Hall–Kier alpha value is -4.70. The third-order valence-corrected chi connectivity index (χ3v) is 6.15. The van der Waals surface area contributed by atoms with E-state index in [4.69, 9.17) is 11.6 Å². The molecule has 1 aliphatic rings. The molecular formula is C26H21ClN6O4. The number of fused-ring (bicyclic) bond motifs is 1. The monoisotopic (exact) mass is 516 g/mol. The summed E-state index contributed by atoms with van der Waals surface area (Å²) in [5, 5.41) is 24.6. The molecule has 2 heterocycles. The zero-order valence-corrected chi connectivity index (χ0v) is 20.4. The fourth-order valence-electron chi connectivity index (χ4n) is 4.01. The summed E-state index contributed by atoms with van der Waals surface area (Å²) in [6, 6.07) is 17.0. The Morgan fingerprint density at radius 3 is 2.38 bits per heavy atom. The smallest absolute Gasteiger partial charge is 0.328 e. The van der Waals surface area contributed by atoms with Crippen LogP contribution in [0.4, 0.5) is 10.5 Å². The van der Waals surface area contributed by atoms with Crippen LogP contribution < -0.4 is 15.5 Å². The molecule has 1 fully saturated rings. The average molecular weight is 517 g/mol. The number of para-hydroxylation sites is 1. The maximum Gasteiger partial charge on any atom is 0.328 e. The minimum absolute atomic E-state index is 0.0672. The molecule has 0 bridgehead atoms. The van der Waals surface area contributed by atoms with Gasteiger partial charge in [-0.3, -0.25) is 20.2 Å². The van der Waals surface area contributed by atoms with Gasteiger partial charge in [0.2, 0.25) is 0 Å². The predicted molar refractivity (Wildman–Crippen MR) is 138 cm³/mol. The van der Waals surface area contributed by atoms with Crippen molar-refractivity contribution >= 4 is 52.2 Å². The van der Waals surface area contributed by atoms with Crippen LogP contribution in [0.15, 0.2) is 66.2 Å². The number of amides is 4. The van der Waals surface area contributed by atoms with E-state index < -0.39 is 17.8 Å². The number of nitrogens with one attached hydrogen (secondary N) is 2. The normalized spacial score (nSPS) is 13.5. The van der Waals surface area contributed by atoms with Crippen LogP contribution in [0.5, 0.6) is 5.75 Å². The molecule has 3 N–H and O–H groups in total. The Labute approximate surface area is 216 Å².